The molecule has 0 bridgehead atoms. The molecule has 2 unspecified atom stereocenters. The zero-order valence-corrected chi connectivity index (χ0v) is 12.8. The minimum absolute atomic E-state index is 0.143. The summed E-state index contributed by atoms with van der Waals surface area (Å²) in [7, 11) is 0. The number of aliphatic hydroxyl groups excluding tert-OH is 1. The van der Waals surface area contributed by atoms with Gasteiger partial charge >= 0.3 is 6.03 Å². The lowest BCUT2D eigenvalue weighted by Crippen LogP contribution is -2.44. The van der Waals surface area contributed by atoms with Crippen LogP contribution in [-0.4, -0.2) is 41.8 Å². The highest BCUT2D eigenvalue weighted by molar-refractivity contribution is 5.89. The fourth-order valence-electron chi connectivity index (χ4n) is 2.58. The zero-order chi connectivity index (χ0) is 15.9. The van der Waals surface area contributed by atoms with Crippen LogP contribution in [0.2, 0.25) is 0 Å². The predicted octanol–water partition coefficient (Wildman–Crippen LogP) is 2.32. The lowest BCUT2D eigenvalue weighted by molar-refractivity contribution is 0.0766. The molecule has 0 spiro atoms. The van der Waals surface area contributed by atoms with E-state index in [0.29, 0.717) is 24.5 Å². The summed E-state index contributed by atoms with van der Waals surface area (Å²) in [5.41, 5.74) is 0.665. The molecule has 2 atom stereocenters. The average Bonchev–Trinajstić information content (AvgIpc) is 2.53. The number of benzene rings is 1. The van der Waals surface area contributed by atoms with Gasteiger partial charge in [0.2, 0.25) is 0 Å². The molecular weight excluding hydrogens is 280 g/mol. The van der Waals surface area contributed by atoms with Crippen LogP contribution in [0.1, 0.15) is 19.8 Å². The van der Waals surface area contributed by atoms with Crippen LogP contribution in [0, 0.1) is 18.3 Å². The normalized spacial score (nSPS) is 19.1. The fourth-order valence-corrected chi connectivity index (χ4v) is 2.58. The highest BCUT2D eigenvalue weighted by atomic mass is 16.5. The zero-order valence-electron chi connectivity index (χ0n) is 12.8. The number of nitrogens with zero attached hydrogens (tertiary/aromatic N) is 1. The second-order valence-corrected chi connectivity index (χ2v) is 5.54. The molecular formula is C17H22N2O3. The molecule has 0 saturated carbocycles. The van der Waals surface area contributed by atoms with E-state index in [2.05, 4.69) is 11.2 Å². The first kappa shape index (κ1) is 16.2. The summed E-state index contributed by atoms with van der Waals surface area (Å²) in [6.07, 6.45) is 6.63. The number of piperidine rings is 1. The molecule has 1 aliphatic rings. The van der Waals surface area contributed by atoms with Gasteiger partial charge in [0.1, 0.15) is 12.4 Å². The molecule has 2 amide bonds. The van der Waals surface area contributed by atoms with Crippen molar-refractivity contribution in [2.24, 2.45) is 5.92 Å². The summed E-state index contributed by atoms with van der Waals surface area (Å²) in [5.74, 6) is 3.17. The monoisotopic (exact) mass is 302 g/mol. The Bertz CT molecular complexity index is 551. The minimum Gasteiger partial charge on any atom is -0.481 e. The summed E-state index contributed by atoms with van der Waals surface area (Å²) in [5, 5.41) is 12.6. The number of hydrogen-bond acceptors (Lipinski definition) is 3. The molecule has 5 heteroatoms. The summed E-state index contributed by atoms with van der Waals surface area (Å²) in [4.78, 5) is 14.1. The summed E-state index contributed by atoms with van der Waals surface area (Å²) < 4.78 is 5.34. The number of ether oxygens (including phenoxy) is 1. The van der Waals surface area contributed by atoms with E-state index < -0.39 is 6.10 Å². The van der Waals surface area contributed by atoms with Crippen molar-refractivity contribution < 1.29 is 14.6 Å². The number of rotatable bonds is 4. The van der Waals surface area contributed by atoms with Gasteiger partial charge in [0.05, 0.1) is 6.10 Å². The SMILES string of the molecule is C#CCOc1cccc(NC(=O)N2CCCC(C(C)O)C2)c1. The number of hydrogen-bond donors (Lipinski definition) is 2. The molecule has 1 heterocycles. The third-order valence-electron chi connectivity index (χ3n) is 3.83. The smallest absolute Gasteiger partial charge is 0.321 e. The van der Waals surface area contributed by atoms with Gasteiger partial charge in [-0.3, -0.25) is 0 Å². The van der Waals surface area contributed by atoms with Crippen molar-refractivity contribution in [3.63, 3.8) is 0 Å². The molecule has 0 aromatic heterocycles. The van der Waals surface area contributed by atoms with Crippen LogP contribution >= 0.6 is 0 Å². The van der Waals surface area contributed by atoms with Crippen molar-refractivity contribution in [3.05, 3.63) is 24.3 Å². The maximum Gasteiger partial charge on any atom is 0.321 e. The van der Waals surface area contributed by atoms with Gasteiger partial charge in [-0.05, 0) is 31.9 Å². The van der Waals surface area contributed by atoms with E-state index in [4.69, 9.17) is 11.2 Å². The van der Waals surface area contributed by atoms with Gasteiger partial charge in [-0.15, -0.1) is 6.42 Å². The van der Waals surface area contributed by atoms with Crippen molar-refractivity contribution >= 4 is 11.7 Å². The molecule has 5 nitrogen and oxygen atoms in total. The molecule has 2 rings (SSSR count). The van der Waals surface area contributed by atoms with Crippen LogP contribution in [0.3, 0.4) is 0 Å². The van der Waals surface area contributed by atoms with Gasteiger partial charge in [0.25, 0.3) is 0 Å². The number of likely N-dealkylation sites (tertiary alicyclic amines) is 1. The van der Waals surface area contributed by atoms with Crippen molar-refractivity contribution in [3.8, 4) is 18.1 Å². The second kappa shape index (κ2) is 7.71. The Morgan fingerprint density at radius 3 is 3.18 bits per heavy atom. The lowest BCUT2D eigenvalue weighted by Gasteiger charge is -2.34. The molecule has 1 aliphatic heterocycles. The summed E-state index contributed by atoms with van der Waals surface area (Å²) in [6.45, 7) is 3.26. The third kappa shape index (κ3) is 4.40. The standard InChI is InChI=1S/C17H22N2O3/c1-3-10-22-16-8-4-7-15(11-16)18-17(21)19-9-5-6-14(12-19)13(2)20/h1,4,7-8,11,13-14,20H,5-6,9-10,12H2,2H3,(H,18,21). The topological polar surface area (TPSA) is 61.8 Å². The lowest BCUT2D eigenvalue weighted by atomic mass is 9.94. The highest BCUT2D eigenvalue weighted by Gasteiger charge is 2.26. The molecule has 1 fully saturated rings. The van der Waals surface area contributed by atoms with Gasteiger partial charge < -0.3 is 20.1 Å². The van der Waals surface area contributed by atoms with Crippen LogP contribution in [0.25, 0.3) is 0 Å². The number of aliphatic hydroxyl groups is 1. The average molecular weight is 302 g/mol. The number of nitrogens with one attached hydrogen (secondary N) is 1. The van der Waals surface area contributed by atoms with Crippen LogP contribution < -0.4 is 10.1 Å². The largest absolute Gasteiger partial charge is 0.481 e. The maximum atomic E-state index is 12.3. The Kier molecular flexibility index (Phi) is 5.68. The number of urea groups is 1. The van der Waals surface area contributed by atoms with E-state index in [1.165, 1.54) is 0 Å². The van der Waals surface area contributed by atoms with E-state index in [1.54, 1.807) is 36.1 Å². The first-order valence-corrected chi connectivity index (χ1v) is 7.50. The number of anilines is 1. The molecule has 22 heavy (non-hydrogen) atoms. The number of carbonyl (C=O) groups excluding carboxylic acids is 1. The van der Waals surface area contributed by atoms with Crippen LogP contribution in [0.4, 0.5) is 10.5 Å². The van der Waals surface area contributed by atoms with Gasteiger partial charge in [0.15, 0.2) is 0 Å². The van der Waals surface area contributed by atoms with E-state index in [9.17, 15) is 9.90 Å². The van der Waals surface area contributed by atoms with E-state index in [1.807, 2.05) is 0 Å². The summed E-state index contributed by atoms with van der Waals surface area (Å²) in [6, 6.07) is 6.98. The molecule has 118 valence electrons. The van der Waals surface area contributed by atoms with Gasteiger partial charge in [-0.25, -0.2) is 4.79 Å². The van der Waals surface area contributed by atoms with Crippen molar-refractivity contribution in [1.82, 2.24) is 4.90 Å². The minimum atomic E-state index is -0.393. The predicted molar refractivity (Wildman–Crippen MR) is 85.8 cm³/mol. The van der Waals surface area contributed by atoms with Gasteiger partial charge in [-0.1, -0.05) is 12.0 Å². The van der Waals surface area contributed by atoms with Crippen LogP contribution in [0.5, 0.6) is 5.75 Å². The summed E-state index contributed by atoms with van der Waals surface area (Å²) >= 11 is 0. The van der Waals surface area contributed by atoms with Gasteiger partial charge in [0, 0.05) is 30.8 Å². The number of terminal acetylenes is 1. The maximum absolute atomic E-state index is 12.3. The van der Waals surface area contributed by atoms with Crippen molar-refractivity contribution in [2.75, 3.05) is 25.0 Å². The number of carbonyl (C=O) groups is 1. The van der Waals surface area contributed by atoms with Crippen molar-refractivity contribution in [2.45, 2.75) is 25.9 Å². The molecule has 1 aromatic carbocycles. The molecule has 1 saturated heterocycles. The molecule has 0 aliphatic carbocycles. The molecule has 1 aromatic rings. The highest BCUT2D eigenvalue weighted by Crippen LogP contribution is 2.22. The van der Waals surface area contributed by atoms with E-state index in [0.717, 1.165) is 12.8 Å². The molecule has 0 radical (unpaired) electrons. The van der Waals surface area contributed by atoms with Crippen LogP contribution in [-0.2, 0) is 0 Å². The Morgan fingerprint density at radius 2 is 2.45 bits per heavy atom. The first-order valence-electron chi connectivity index (χ1n) is 7.50. The molecule has 2 N–H and O–H groups in total. The Labute approximate surface area is 131 Å². The third-order valence-corrected chi connectivity index (χ3v) is 3.83. The Hall–Kier alpha value is -2.19. The number of amides is 2. The van der Waals surface area contributed by atoms with Gasteiger partial charge in [-0.2, -0.15) is 0 Å². The van der Waals surface area contributed by atoms with E-state index in [-0.39, 0.29) is 18.6 Å². The van der Waals surface area contributed by atoms with E-state index >= 15 is 0 Å². The van der Waals surface area contributed by atoms with Crippen LogP contribution in [0.15, 0.2) is 24.3 Å². The quantitative estimate of drug-likeness (QED) is 0.839. The Balaban J connectivity index is 1.95. The second-order valence-electron chi connectivity index (χ2n) is 5.54. The fraction of sp³-hybridized carbons (Fsp3) is 0.471. The first-order chi connectivity index (χ1) is 10.6. The Morgan fingerprint density at radius 1 is 1.64 bits per heavy atom. The van der Waals surface area contributed by atoms with Crippen molar-refractivity contribution in [1.29, 1.82) is 0 Å².